The molecule has 0 aliphatic heterocycles. The summed E-state index contributed by atoms with van der Waals surface area (Å²) in [7, 11) is 2.06. The van der Waals surface area contributed by atoms with E-state index in [-0.39, 0.29) is 5.75 Å². The molecule has 0 radical (unpaired) electrons. The van der Waals surface area contributed by atoms with E-state index in [0.29, 0.717) is 17.7 Å². The lowest BCUT2D eigenvalue weighted by Gasteiger charge is -2.15. The molecule has 1 atom stereocenters. The van der Waals surface area contributed by atoms with Crippen LogP contribution >= 0.6 is 11.6 Å². The van der Waals surface area contributed by atoms with Crippen molar-refractivity contribution in [1.82, 2.24) is 0 Å². The van der Waals surface area contributed by atoms with Gasteiger partial charge in [0.25, 0.3) is 0 Å². The van der Waals surface area contributed by atoms with E-state index in [1.54, 1.807) is 19.1 Å². The molecule has 0 aliphatic rings. The van der Waals surface area contributed by atoms with E-state index in [1.165, 1.54) is 11.0 Å². The Morgan fingerprint density at radius 2 is 1.96 bits per heavy atom. The maximum atomic E-state index is 11.9. The lowest BCUT2D eigenvalue weighted by atomic mass is 10.1. The highest BCUT2D eigenvalue weighted by molar-refractivity contribution is 6.30. The minimum Gasteiger partial charge on any atom is -0.508 e. The van der Waals surface area contributed by atoms with Crippen molar-refractivity contribution in [3.63, 3.8) is 0 Å². The minimum atomic E-state index is -0.401. The molecule has 1 aromatic heterocycles. The van der Waals surface area contributed by atoms with E-state index in [1.807, 2.05) is 24.3 Å². The van der Waals surface area contributed by atoms with Gasteiger partial charge in [0.15, 0.2) is 0 Å². The standard InChI is InChI=1S/C19H18ClNO3/c1-12-17(22)7-6-16-14(9-18(23)24-19(12)16)11-21(2)10-13-4-3-5-15(20)8-13/h3-9,22H,10-11H2,1-2H3/p+1. The van der Waals surface area contributed by atoms with Crippen LogP contribution in [0.1, 0.15) is 16.7 Å². The molecule has 3 rings (SSSR count). The number of halogens is 1. The van der Waals surface area contributed by atoms with Crippen molar-refractivity contribution in [3.8, 4) is 5.75 Å². The lowest BCUT2D eigenvalue weighted by Crippen LogP contribution is -3.06. The second-order valence-electron chi connectivity index (χ2n) is 6.12. The Labute approximate surface area is 144 Å². The summed E-state index contributed by atoms with van der Waals surface area (Å²) in [4.78, 5) is 13.1. The van der Waals surface area contributed by atoms with E-state index in [0.717, 1.165) is 28.1 Å². The zero-order chi connectivity index (χ0) is 17.3. The first kappa shape index (κ1) is 16.6. The summed E-state index contributed by atoms with van der Waals surface area (Å²) in [6.07, 6.45) is 0. The third-order valence-corrected chi connectivity index (χ3v) is 4.34. The zero-order valence-electron chi connectivity index (χ0n) is 13.6. The Kier molecular flexibility index (Phi) is 4.60. The van der Waals surface area contributed by atoms with Gasteiger partial charge in [-0.3, -0.25) is 0 Å². The van der Waals surface area contributed by atoms with Gasteiger partial charge in [-0.25, -0.2) is 4.79 Å². The van der Waals surface area contributed by atoms with Crippen molar-refractivity contribution in [2.45, 2.75) is 20.0 Å². The van der Waals surface area contributed by atoms with Gasteiger partial charge < -0.3 is 14.4 Å². The first-order valence-corrected chi connectivity index (χ1v) is 8.13. The van der Waals surface area contributed by atoms with Crippen LogP contribution in [0.2, 0.25) is 5.02 Å². The molecule has 5 heteroatoms. The van der Waals surface area contributed by atoms with E-state index in [4.69, 9.17) is 16.0 Å². The highest BCUT2D eigenvalue weighted by atomic mass is 35.5. The van der Waals surface area contributed by atoms with Crippen LogP contribution in [0, 0.1) is 6.92 Å². The smallest absolute Gasteiger partial charge is 0.336 e. The van der Waals surface area contributed by atoms with E-state index < -0.39 is 5.63 Å². The number of phenols is 1. The largest absolute Gasteiger partial charge is 0.508 e. The topological polar surface area (TPSA) is 54.9 Å². The fourth-order valence-electron chi connectivity index (χ4n) is 2.94. The number of hydrogen-bond donors (Lipinski definition) is 2. The Morgan fingerprint density at radius 3 is 2.71 bits per heavy atom. The predicted octanol–water partition coefficient (Wildman–Crippen LogP) is 2.68. The van der Waals surface area contributed by atoms with Crippen LogP contribution in [-0.2, 0) is 13.1 Å². The van der Waals surface area contributed by atoms with Crippen LogP contribution in [0.25, 0.3) is 11.0 Å². The summed E-state index contributed by atoms with van der Waals surface area (Å²) in [5.74, 6) is 0.127. The average molecular weight is 345 g/mol. The van der Waals surface area contributed by atoms with Gasteiger partial charge in [0.2, 0.25) is 0 Å². The van der Waals surface area contributed by atoms with Crippen LogP contribution in [0.15, 0.2) is 51.7 Å². The first-order valence-electron chi connectivity index (χ1n) is 7.75. The lowest BCUT2D eigenvalue weighted by molar-refractivity contribution is -0.907. The molecule has 0 fully saturated rings. The molecule has 3 aromatic rings. The maximum Gasteiger partial charge on any atom is 0.336 e. The molecule has 24 heavy (non-hydrogen) atoms. The summed E-state index contributed by atoms with van der Waals surface area (Å²) in [5, 5.41) is 11.4. The fraction of sp³-hybridized carbons (Fsp3) is 0.211. The van der Waals surface area contributed by atoms with E-state index in [2.05, 4.69) is 7.05 Å². The summed E-state index contributed by atoms with van der Waals surface area (Å²) >= 11 is 6.03. The molecule has 0 aliphatic carbocycles. The minimum absolute atomic E-state index is 0.127. The quantitative estimate of drug-likeness (QED) is 0.715. The van der Waals surface area contributed by atoms with Gasteiger partial charge >= 0.3 is 5.63 Å². The van der Waals surface area contributed by atoms with Crippen LogP contribution in [0.3, 0.4) is 0 Å². The van der Waals surface area contributed by atoms with E-state index >= 15 is 0 Å². The van der Waals surface area contributed by atoms with Crippen molar-refractivity contribution >= 4 is 22.6 Å². The van der Waals surface area contributed by atoms with Crippen molar-refractivity contribution in [3.05, 3.63) is 74.6 Å². The number of hydrogen-bond acceptors (Lipinski definition) is 3. The Balaban J connectivity index is 1.92. The molecular formula is C19H19ClNO3+. The molecule has 2 N–H and O–H groups in total. The fourth-order valence-corrected chi connectivity index (χ4v) is 3.16. The van der Waals surface area contributed by atoms with E-state index in [9.17, 15) is 9.90 Å². The SMILES string of the molecule is Cc1c(O)ccc2c(C[NH+](C)Cc3cccc(Cl)c3)cc(=O)oc12. The number of aryl methyl sites for hydroxylation is 1. The third-order valence-electron chi connectivity index (χ3n) is 4.11. The van der Waals surface area contributed by atoms with Gasteiger partial charge in [0, 0.05) is 33.2 Å². The summed E-state index contributed by atoms with van der Waals surface area (Å²) in [5.41, 5.74) is 2.68. The molecule has 2 aromatic carbocycles. The van der Waals surface area contributed by atoms with Crippen molar-refractivity contribution in [2.75, 3.05) is 7.05 Å². The van der Waals surface area contributed by atoms with Crippen LogP contribution in [-0.4, -0.2) is 12.2 Å². The number of fused-ring (bicyclic) bond motifs is 1. The number of nitrogens with one attached hydrogen (secondary N) is 1. The Hall–Kier alpha value is -2.30. The second-order valence-corrected chi connectivity index (χ2v) is 6.55. The summed E-state index contributed by atoms with van der Waals surface area (Å²) in [6.45, 7) is 3.20. The van der Waals surface area contributed by atoms with Crippen LogP contribution < -0.4 is 10.5 Å². The van der Waals surface area contributed by atoms with Crippen molar-refractivity contribution in [1.29, 1.82) is 0 Å². The highest BCUT2D eigenvalue weighted by Crippen LogP contribution is 2.27. The highest BCUT2D eigenvalue weighted by Gasteiger charge is 2.14. The third kappa shape index (κ3) is 3.45. The molecule has 4 nitrogen and oxygen atoms in total. The molecule has 124 valence electrons. The second kappa shape index (κ2) is 6.67. The Morgan fingerprint density at radius 1 is 1.17 bits per heavy atom. The number of benzene rings is 2. The predicted molar refractivity (Wildman–Crippen MR) is 94.6 cm³/mol. The molecule has 1 unspecified atom stereocenters. The molecule has 0 bridgehead atoms. The summed E-state index contributed by atoms with van der Waals surface area (Å²) < 4.78 is 5.29. The normalized spacial score (nSPS) is 12.5. The number of rotatable bonds is 4. The van der Waals surface area contributed by atoms with Crippen LogP contribution in [0.4, 0.5) is 0 Å². The van der Waals surface area contributed by atoms with Gasteiger partial charge in [-0.2, -0.15) is 0 Å². The Bertz CT molecular complexity index is 949. The van der Waals surface area contributed by atoms with Crippen LogP contribution in [0.5, 0.6) is 5.75 Å². The molecular weight excluding hydrogens is 326 g/mol. The van der Waals surface area contributed by atoms with Crippen molar-refractivity contribution < 1.29 is 14.4 Å². The van der Waals surface area contributed by atoms with Gasteiger partial charge in [0.1, 0.15) is 24.4 Å². The number of aromatic hydroxyl groups is 1. The van der Waals surface area contributed by atoms with Crippen molar-refractivity contribution in [2.24, 2.45) is 0 Å². The van der Waals surface area contributed by atoms with Gasteiger partial charge in [-0.15, -0.1) is 0 Å². The van der Waals surface area contributed by atoms with Gasteiger partial charge in [-0.05, 0) is 31.2 Å². The molecule has 1 heterocycles. The first-order chi connectivity index (χ1) is 11.4. The molecule has 0 saturated heterocycles. The molecule has 0 spiro atoms. The summed E-state index contributed by atoms with van der Waals surface area (Å²) in [6, 6.07) is 12.7. The molecule has 0 saturated carbocycles. The monoisotopic (exact) mass is 344 g/mol. The van der Waals surface area contributed by atoms with Gasteiger partial charge in [-0.1, -0.05) is 23.7 Å². The maximum absolute atomic E-state index is 11.9. The zero-order valence-corrected chi connectivity index (χ0v) is 14.4. The molecule has 0 amide bonds. The van der Waals surface area contributed by atoms with Gasteiger partial charge in [0.05, 0.1) is 7.05 Å². The average Bonchev–Trinajstić information content (AvgIpc) is 2.51. The number of phenolic OH excluding ortho intramolecular Hbond substituents is 1. The number of quaternary nitrogens is 1.